The van der Waals surface area contributed by atoms with Crippen molar-refractivity contribution in [2.45, 2.75) is 45.3 Å². The van der Waals surface area contributed by atoms with Gasteiger partial charge in [-0.05, 0) is 54.4 Å². The molecule has 1 saturated carbocycles. The predicted molar refractivity (Wildman–Crippen MR) is 81.7 cm³/mol. The molecule has 6 heteroatoms. The predicted octanol–water partition coefficient (Wildman–Crippen LogP) is 2.46. The maximum absolute atomic E-state index is 8.90. The number of rotatable bonds is 6. The SMILES string of the molecule is CCN(Cc1nnnn1C1CC1)[C@H](C)c1ccc(C#N)cc1. The van der Waals surface area contributed by atoms with Gasteiger partial charge in [-0.15, -0.1) is 5.10 Å². The summed E-state index contributed by atoms with van der Waals surface area (Å²) in [4.78, 5) is 2.34. The van der Waals surface area contributed by atoms with E-state index in [0.29, 0.717) is 11.6 Å². The highest BCUT2D eigenvalue weighted by molar-refractivity contribution is 5.32. The first-order chi connectivity index (χ1) is 10.7. The van der Waals surface area contributed by atoms with Crippen molar-refractivity contribution >= 4 is 0 Å². The number of hydrogen-bond donors (Lipinski definition) is 0. The molecule has 1 aliphatic carbocycles. The minimum atomic E-state index is 0.252. The van der Waals surface area contributed by atoms with Gasteiger partial charge in [0.1, 0.15) is 0 Å². The van der Waals surface area contributed by atoms with Gasteiger partial charge in [0, 0.05) is 6.04 Å². The van der Waals surface area contributed by atoms with Crippen LogP contribution >= 0.6 is 0 Å². The van der Waals surface area contributed by atoms with Crippen LogP contribution in [0.3, 0.4) is 0 Å². The van der Waals surface area contributed by atoms with Crippen LogP contribution in [0.1, 0.15) is 55.7 Å². The average Bonchev–Trinajstić information content (AvgIpc) is 3.31. The average molecular weight is 296 g/mol. The minimum absolute atomic E-state index is 0.252. The Bertz CT molecular complexity index is 665. The Hall–Kier alpha value is -2.26. The van der Waals surface area contributed by atoms with Crippen LogP contribution in [-0.4, -0.2) is 31.7 Å². The third kappa shape index (κ3) is 3.00. The van der Waals surface area contributed by atoms with E-state index in [1.54, 1.807) is 0 Å². The van der Waals surface area contributed by atoms with Crippen molar-refractivity contribution in [1.82, 2.24) is 25.1 Å². The molecular formula is C16H20N6. The van der Waals surface area contributed by atoms with E-state index < -0.39 is 0 Å². The molecule has 1 atom stereocenters. The quantitative estimate of drug-likeness (QED) is 0.819. The lowest BCUT2D eigenvalue weighted by Crippen LogP contribution is -2.28. The topological polar surface area (TPSA) is 70.6 Å². The zero-order valence-corrected chi connectivity index (χ0v) is 13.0. The van der Waals surface area contributed by atoms with Crippen LogP contribution in [0.15, 0.2) is 24.3 Å². The van der Waals surface area contributed by atoms with Crippen molar-refractivity contribution in [2.75, 3.05) is 6.54 Å². The second kappa shape index (κ2) is 6.24. The molecule has 0 N–H and O–H groups in total. The van der Waals surface area contributed by atoms with Gasteiger partial charge in [0.25, 0.3) is 0 Å². The lowest BCUT2D eigenvalue weighted by atomic mass is 10.1. The Labute approximate surface area is 130 Å². The lowest BCUT2D eigenvalue weighted by Gasteiger charge is -2.27. The summed E-state index contributed by atoms with van der Waals surface area (Å²) >= 11 is 0. The summed E-state index contributed by atoms with van der Waals surface area (Å²) in [6.45, 7) is 5.97. The molecule has 0 bridgehead atoms. The Morgan fingerprint density at radius 1 is 1.36 bits per heavy atom. The fourth-order valence-corrected chi connectivity index (χ4v) is 2.67. The maximum Gasteiger partial charge on any atom is 0.165 e. The van der Waals surface area contributed by atoms with Crippen molar-refractivity contribution in [3.8, 4) is 6.07 Å². The molecule has 1 aliphatic rings. The Morgan fingerprint density at radius 3 is 2.68 bits per heavy atom. The number of nitrogens with zero attached hydrogens (tertiary/aromatic N) is 6. The highest BCUT2D eigenvalue weighted by Crippen LogP contribution is 2.35. The number of nitriles is 1. The zero-order valence-electron chi connectivity index (χ0n) is 13.0. The van der Waals surface area contributed by atoms with Crippen LogP contribution in [0.4, 0.5) is 0 Å². The molecule has 0 aliphatic heterocycles. The van der Waals surface area contributed by atoms with Crippen LogP contribution in [0.25, 0.3) is 0 Å². The molecule has 0 amide bonds. The molecular weight excluding hydrogens is 276 g/mol. The molecule has 0 saturated heterocycles. The van der Waals surface area contributed by atoms with Gasteiger partial charge in [0.05, 0.1) is 24.2 Å². The molecule has 1 aromatic heterocycles. The third-order valence-corrected chi connectivity index (χ3v) is 4.27. The Morgan fingerprint density at radius 2 is 2.09 bits per heavy atom. The van der Waals surface area contributed by atoms with Gasteiger partial charge in [0.15, 0.2) is 5.82 Å². The fourth-order valence-electron chi connectivity index (χ4n) is 2.67. The summed E-state index contributed by atoms with van der Waals surface area (Å²) < 4.78 is 1.97. The Balaban J connectivity index is 1.74. The number of benzene rings is 1. The number of aromatic nitrogens is 4. The summed E-state index contributed by atoms with van der Waals surface area (Å²) in [5.74, 6) is 0.935. The first-order valence-electron chi connectivity index (χ1n) is 7.73. The van der Waals surface area contributed by atoms with Crippen LogP contribution in [-0.2, 0) is 6.54 Å². The monoisotopic (exact) mass is 296 g/mol. The molecule has 0 radical (unpaired) electrons. The van der Waals surface area contributed by atoms with Crippen LogP contribution in [0.5, 0.6) is 0 Å². The molecule has 0 spiro atoms. The second-order valence-corrected chi connectivity index (χ2v) is 5.74. The molecule has 0 unspecified atom stereocenters. The van der Waals surface area contributed by atoms with Crippen molar-refractivity contribution in [3.63, 3.8) is 0 Å². The van der Waals surface area contributed by atoms with Gasteiger partial charge >= 0.3 is 0 Å². The highest BCUT2D eigenvalue weighted by atomic mass is 15.6. The lowest BCUT2D eigenvalue weighted by molar-refractivity contribution is 0.203. The van der Waals surface area contributed by atoms with E-state index in [1.165, 1.54) is 18.4 Å². The normalized spacial score (nSPS) is 15.7. The zero-order chi connectivity index (χ0) is 15.5. The molecule has 6 nitrogen and oxygen atoms in total. The molecule has 1 fully saturated rings. The number of tetrazole rings is 1. The smallest absolute Gasteiger partial charge is 0.165 e. The van der Waals surface area contributed by atoms with Gasteiger partial charge in [-0.1, -0.05) is 19.1 Å². The van der Waals surface area contributed by atoms with E-state index >= 15 is 0 Å². The summed E-state index contributed by atoms with van der Waals surface area (Å²) in [7, 11) is 0. The van der Waals surface area contributed by atoms with Crippen LogP contribution in [0.2, 0.25) is 0 Å². The van der Waals surface area contributed by atoms with E-state index in [4.69, 9.17) is 5.26 Å². The summed E-state index contributed by atoms with van der Waals surface area (Å²) in [6, 6.07) is 10.7. The summed E-state index contributed by atoms with van der Waals surface area (Å²) in [5.41, 5.74) is 1.89. The van der Waals surface area contributed by atoms with Gasteiger partial charge in [0.2, 0.25) is 0 Å². The molecule has 3 rings (SSSR count). The van der Waals surface area contributed by atoms with Crippen molar-refractivity contribution < 1.29 is 0 Å². The van der Waals surface area contributed by atoms with Gasteiger partial charge in [-0.25, -0.2) is 4.68 Å². The molecule has 22 heavy (non-hydrogen) atoms. The molecule has 1 heterocycles. The van der Waals surface area contributed by atoms with Crippen molar-refractivity contribution in [3.05, 3.63) is 41.2 Å². The third-order valence-electron chi connectivity index (χ3n) is 4.27. The second-order valence-electron chi connectivity index (χ2n) is 5.74. The van der Waals surface area contributed by atoms with Gasteiger partial charge in [-0.3, -0.25) is 4.90 Å². The van der Waals surface area contributed by atoms with E-state index in [2.05, 4.69) is 40.3 Å². The highest BCUT2D eigenvalue weighted by Gasteiger charge is 2.28. The van der Waals surface area contributed by atoms with Gasteiger partial charge in [-0.2, -0.15) is 5.26 Å². The summed E-state index contributed by atoms with van der Waals surface area (Å²) in [6.07, 6.45) is 2.35. The standard InChI is InChI=1S/C16H20N6/c1-3-21(11-16-18-19-20-22(16)15-8-9-15)12(2)14-6-4-13(10-17)5-7-14/h4-7,12,15H,3,8-9,11H2,1-2H3/t12-/m1/s1. The first kappa shape index (κ1) is 14.7. The summed E-state index contributed by atoms with van der Waals surface area (Å²) in [5, 5.41) is 21.0. The first-order valence-corrected chi connectivity index (χ1v) is 7.73. The van der Waals surface area contributed by atoms with E-state index in [-0.39, 0.29) is 6.04 Å². The van der Waals surface area contributed by atoms with Crippen molar-refractivity contribution in [2.24, 2.45) is 0 Å². The molecule has 2 aromatic rings. The van der Waals surface area contributed by atoms with Crippen LogP contribution < -0.4 is 0 Å². The largest absolute Gasteiger partial charge is 0.289 e. The fraction of sp³-hybridized carbons (Fsp3) is 0.500. The minimum Gasteiger partial charge on any atom is -0.289 e. The van der Waals surface area contributed by atoms with Crippen molar-refractivity contribution in [1.29, 1.82) is 5.26 Å². The van der Waals surface area contributed by atoms with Crippen LogP contribution in [0, 0.1) is 11.3 Å². The van der Waals surface area contributed by atoms with E-state index in [0.717, 1.165) is 18.9 Å². The number of hydrogen-bond acceptors (Lipinski definition) is 5. The molecule has 114 valence electrons. The maximum atomic E-state index is 8.90. The Kier molecular flexibility index (Phi) is 4.16. The van der Waals surface area contributed by atoms with E-state index in [9.17, 15) is 0 Å². The molecule has 1 aromatic carbocycles. The van der Waals surface area contributed by atoms with Gasteiger partial charge < -0.3 is 0 Å². The van der Waals surface area contributed by atoms with E-state index in [1.807, 2.05) is 28.9 Å².